The maximum atomic E-state index is 12.7. The molecule has 6 heteroatoms. The number of nitrogens with two attached hydrogens (primary N) is 1. The predicted octanol–water partition coefficient (Wildman–Crippen LogP) is 2.79. The number of carbonyl (C=O) groups excluding carboxylic acids is 1. The van der Waals surface area contributed by atoms with Gasteiger partial charge in [-0.25, -0.2) is 0 Å². The van der Waals surface area contributed by atoms with E-state index in [1.165, 1.54) is 6.07 Å². The maximum absolute atomic E-state index is 12.7. The molecule has 0 aliphatic heterocycles. The Bertz CT molecular complexity index is 554. The fourth-order valence-electron chi connectivity index (χ4n) is 2.31. The van der Waals surface area contributed by atoms with Gasteiger partial charge in [-0.15, -0.1) is 0 Å². The molecule has 1 aliphatic carbocycles. The van der Waals surface area contributed by atoms with Gasteiger partial charge >= 0.3 is 6.18 Å². The SMILES string of the molecule is CC(NC(=O)C1C=CC(N)C1)c1cccc(C(F)(F)F)c1. The van der Waals surface area contributed by atoms with Crippen LogP contribution in [-0.2, 0) is 11.0 Å². The lowest BCUT2D eigenvalue weighted by molar-refractivity contribution is -0.137. The molecule has 0 fully saturated rings. The predicted molar refractivity (Wildman–Crippen MR) is 73.2 cm³/mol. The largest absolute Gasteiger partial charge is 0.416 e. The summed E-state index contributed by atoms with van der Waals surface area (Å²) in [6, 6.07) is 4.34. The van der Waals surface area contributed by atoms with Crippen molar-refractivity contribution in [3.63, 3.8) is 0 Å². The highest BCUT2D eigenvalue weighted by molar-refractivity contribution is 5.81. The number of benzene rings is 1. The van der Waals surface area contributed by atoms with Crippen LogP contribution in [0.5, 0.6) is 0 Å². The van der Waals surface area contributed by atoms with Gasteiger partial charge in [0.05, 0.1) is 17.5 Å². The summed E-state index contributed by atoms with van der Waals surface area (Å²) in [6.07, 6.45) is -0.361. The van der Waals surface area contributed by atoms with Crippen LogP contribution in [0.2, 0.25) is 0 Å². The fraction of sp³-hybridized carbons (Fsp3) is 0.400. The van der Waals surface area contributed by atoms with Gasteiger partial charge in [0.1, 0.15) is 0 Å². The van der Waals surface area contributed by atoms with E-state index in [2.05, 4.69) is 5.32 Å². The number of rotatable bonds is 3. The Hall–Kier alpha value is -1.82. The first-order valence-electron chi connectivity index (χ1n) is 6.69. The van der Waals surface area contributed by atoms with Gasteiger partial charge in [-0.1, -0.05) is 24.3 Å². The lowest BCUT2D eigenvalue weighted by Crippen LogP contribution is -2.32. The van der Waals surface area contributed by atoms with Crippen LogP contribution < -0.4 is 11.1 Å². The van der Waals surface area contributed by atoms with Crippen molar-refractivity contribution in [2.24, 2.45) is 11.7 Å². The molecule has 0 spiro atoms. The molecule has 3 unspecified atom stereocenters. The summed E-state index contributed by atoms with van der Waals surface area (Å²) in [4.78, 5) is 12.0. The van der Waals surface area contributed by atoms with Gasteiger partial charge in [-0.2, -0.15) is 13.2 Å². The molecule has 0 saturated heterocycles. The van der Waals surface area contributed by atoms with Crippen molar-refractivity contribution in [2.45, 2.75) is 31.6 Å². The molecule has 0 saturated carbocycles. The molecule has 3 nitrogen and oxygen atoms in total. The lowest BCUT2D eigenvalue weighted by atomic mass is 10.0. The van der Waals surface area contributed by atoms with Gasteiger partial charge in [-0.05, 0) is 31.0 Å². The minimum Gasteiger partial charge on any atom is -0.349 e. The van der Waals surface area contributed by atoms with Crippen LogP contribution in [0.3, 0.4) is 0 Å². The van der Waals surface area contributed by atoms with Crippen molar-refractivity contribution in [1.82, 2.24) is 5.32 Å². The van der Waals surface area contributed by atoms with E-state index < -0.39 is 17.8 Å². The van der Waals surface area contributed by atoms with E-state index in [1.54, 1.807) is 25.1 Å². The van der Waals surface area contributed by atoms with E-state index >= 15 is 0 Å². The fourth-order valence-corrected chi connectivity index (χ4v) is 2.31. The van der Waals surface area contributed by atoms with Crippen molar-refractivity contribution in [3.8, 4) is 0 Å². The van der Waals surface area contributed by atoms with Crippen LogP contribution in [0.15, 0.2) is 36.4 Å². The molecular formula is C15H17F3N2O. The first-order valence-corrected chi connectivity index (χ1v) is 6.69. The van der Waals surface area contributed by atoms with E-state index in [0.29, 0.717) is 12.0 Å². The molecule has 0 aromatic heterocycles. The Labute approximate surface area is 121 Å². The van der Waals surface area contributed by atoms with Gasteiger partial charge in [0.15, 0.2) is 0 Å². The second-order valence-electron chi connectivity index (χ2n) is 5.24. The number of hydrogen-bond donors (Lipinski definition) is 2. The number of nitrogens with one attached hydrogen (secondary N) is 1. The third-order valence-corrected chi connectivity index (χ3v) is 3.53. The maximum Gasteiger partial charge on any atom is 0.416 e. The summed E-state index contributed by atoms with van der Waals surface area (Å²) in [5, 5.41) is 2.72. The summed E-state index contributed by atoms with van der Waals surface area (Å²) in [6.45, 7) is 1.66. The quantitative estimate of drug-likeness (QED) is 0.843. The third-order valence-electron chi connectivity index (χ3n) is 3.53. The Morgan fingerprint density at radius 2 is 2.10 bits per heavy atom. The zero-order valence-corrected chi connectivity index (χ0v) is 11.5. The Kier molecular flexibility index (Phi) is 4.37. The van der Waals surface area contributed by atoms with E-state index in [0.717, 1.165) is 12.1 Å². The summed E-state index contributed by atoms with van der Waals surface area (Å²) < 4.78 is 38.0. The molecule has 3 N–H and O–H groups in total. The highest BCUT2D eigenvalue weighted by Crippen LogP contribution is 2.30. The van der Waals surface area contributed by atoms with E-state index in [-0.39, 0.29) is 17.9 Å². The van der Waals surface area contributed by atoms with Crippen LogP contribution in [0, 0.1) is 5.92 Å². The standard InChI is InChI=1S/C15H17F3N2O/c1-9(20-14(21)11-5-6-13(19)8-11)10-3-2-4-12(7-10)15(16,17)18/h2-7,9,11,13H,8,19H2,1H3,(H,20,21). The molecule has 1 aromatic carbocycles. The molecule has 0 heterocycles. The number of carbonyl (C=O) groups is 1. The average molecular weight is 298 g/mol. The van der Waals surface area contributed by atoms with Gasteiger partial charge in [0, 0.05) is 6.04 Å². The van der Waals surface area contributed by atoms with Crippen molar-refractivity contribution in [3.05, 3.63) is 47.5 Å². The highest BCUT2D eigenvalue weighted by Gasteiger charge is 2.31. The molecule has 3 atom stereocenters. The molecule has 1 aliphatic rings. The molecule has 114 valence electrons. The molecule has 1 aromatic rings. The van der Waals surface area contributed by atoms with Crippen molar-refractivity contribution >= 4 is 5.91 Å². The van der Waals surface area contributed by atoms with Crippen molar-refractivity contribution in [2.75, 3.05) is 0 Å². The van der Waals surface area contributed by atoms with Gasteiger partial charge in [-0.3, -0.25) is 4.79 Å². The molecule has 1 amide bonds. The topological polar surface area (TPSA) is 55.1 Å². The third kappa shape index (κ3) is 3.85. The lowest BCUT2D eigenvalue weighted by Gasteiger charge is -2.18. The first kappa shape index (κ1) is 15.6. The molecular weight excluding hydrogens is 281 g/mol. The van der Waals surface area contributed by atoms with Gasteiger partial charge < -0.3 is 11.1 Å². The van der Waals surface area contributed by atoms with Crippen LogP contribution in [0.1, 0.15) is 30.5 Å². The minimum atomic E-state index is -4.39. The van der Waals surface area contributed by atoms with Crippen LogP contribution >= 0.6 is 0 Å². The van der Waals surface area contributed by atoms with Crippen LogP contribution in [0.25, 0.3) is 0 Å². The molecule has 0 radical (unpaired) electrons. The van der Waals surface area contributed by atoms with Crippen LogP contribution in [0.4, 0.5) is 13.2 Å². The summed E-state index contributed by atoms with van der Waals surface area (Å²) in [7, 11) is 0. The summed E-state index contributed by atoms with van der Waals surface area (Å²) in [5.41, 5.74) is 5.38. The van der Waals surface area contributed by atoms with E-state index in [9.17, 15) is 18.0 Å². The van der Waals surface area contributed by atoms with Gasteiger partial charge in [0.2, 0.25) is 5.91 Å². The smallest absolute Gasteiger partial charge is 0.349 e. The molecule has 21 heavy (non-hydrogen) atoms. The minimum absolute atomic E-state index is 0.135. The normalized spacial score (nSPS) is 23.1. The summed E-state index contributed by atoms with van der Waals surface area (Å²) in [5.74, 6) is -0.530. The van der Waals surface area contributed by atoms with Crippen molar-refractivity contribution < 1.29 is 18.0 Å². The average Bonchev–Trinajstić information content (AvgIpc) is 2.84. The molecule has 0 bridgehead atoms. The monoisotopic (exact) mass is 298 g/mol. The highest BCUT2D eigenvalue weighted by atomic mass is 19.4. The Morgan fingerprint density at radius 1 is 1.38 bits per heavy atom. The second-order valence-corrected chi connectivity index (χ2v) is 5.24. The number of halogens is 3. The Balaban J connectivity index is 2.05. The van der Waals surface area contributed by atoms with E-state index in [4.69, 9.17) is 5.73 Å². The zero-order chi connectivity index (χ0) is 15.6. The zero-order valence-electron chi connectivity index (χ0n) is 11.5. The van der Waals surface area contributed by atoms with Crippen molar-refractivity contribution in [1.29, 1.82) is 0 Å². The number of alkyl halides is 3. The number of amides is 1. The second kappa shape index (κ2) is 5.89. The van der Waals surface area contributed by atoms with E-state index in [1.807, 2.05) is 0 Å². The summed E-state index contributed by atoms with van der Waals surface area (Å²) >= 11 is 0. The molecule has 2 rings (SSSR count). The number of hydrogen-bond acceptors (Lipinski definition) is 2. The van der Waals surface area contributed by atoms with Crippen LogP contribution in [-0.4, -0.2) is 11.9 Å². The Morgan fingerprint density at radius 3 is 2.67 bits per heavy atom. The van der Waals surface area contributed by atoms with Gasteiger partial charge in [0.25, 0.3) is 0 Å². The first-order chi connectivity index (χ1) is 9.77.